The molecule has 0 radical (unpaired) electrons. The summed E-state index contributed by atoms with van der Waals surface area (Å²) in [5.74, 6) is 0.973. The van der Waals surface area contributed by atoms with Crippen molar-refractivity contribution in [2.45, 2.75) is 26.8 Å². The fourth-order valence-electron chi connectivity index (χ4n) is 1.75. The minimum Gasteiger partial charge on any atom is -0.392 e. The topological polar surface area (TPSA) is 56.7 Å². The monoisotopic (exact) mass is 234 g/mol. The molecule has 2 heterocycles. The summed E-state index contributed by atoms with van der Waals surface area (Å²) in [6.45, 7) is 4.57. The summed E-state index contributed by atoms with van der Waals surface area (Å²) in [7, 11) is 0. The van der Waals surface area contributed by atoms with Crippen molar-refractivity contribution < 1.29 is 0 Å². The van der Waals surface area contributed by atoms with E-state index in [9.17, 15) is 0 Å². The quantitative estimate of drug-likeness (QED) is 0.819. The highest BCUT2D eigenvalue weighted by atomic mass is 32.1. The van der Waals surface area contributed by atoms with Crippen molar-refractivity contribution in [3.8, 4) is 0 Å². The summed E-state index contributed by atoms with van der Waals surface area (Å²) >= 11 is 4.94. The van der Waals surface area contributed by atoms with Crippen LogP contribution in [-0.2, 0) is 13.0 Å². The second kappa shape index (κ2) is 4.17. The number of aromatic nitrogens is 3. The van der Waals surface area contributed by atoms with Gasteiger partial charge in [0.2, 0.25) is 0 Å². The number of rotatable bonds is 3. The number of imidazole rings is 1. The maximum atomic E-state index is 5.58. The molecule has 16 heavy (non-hydrogen) atoms. The SMILES string of the molecule is CCc1nc2cc(C)cnc2n1CC(N)=S. The van der Waals surface area contributed by atoms with Crippen molar-refractivity contribution in [1.82, 2.24) is 14.5 Å². The van der Waals surface area contributed by atoms with E-state index in [1.54, 1.807) is 0 Å². The number of aryl methyl sites for hydroxylation is 2. The largest absolute Gasteiger partial charge is 0.392 e. The highest BCUT2D eigenvalue weighted by molar-refractivity contribution is 7.80. The first-order valence-electron chi connectivity index (χ1n) is 5.22. The zero-order valence-electron chi connectivity index (χ0n) is 9.40. The van der Waals surface area contributed by atoms with Crippen LogP contribution < -0.4 is 5.73 Å². The molecule has 2 N–H and O–H groups in total. The smallest absolute Gasteiger partial charge is 0.160 e. The first kappa shape index (κ1) is 11.0. The Morgan fingerprint density at radius 3 is 2.94 bits per heavy atom. The molecule has 5 heteroatoms. The predicted octanol–water partition coefficient (Wildman–Crippen LogP) is 1.59. The van der Waals surface area contributed by atoms with Crippen molar-refractivity contribution in [1.29, 1.82) is 0 Å². The lowest BCUT2D eigenvalue weighted by Crippen LogP contribution is -2.18. The Morgan fingerprint density at radius 1 is 1.56 bits per heavy atom. The van der Waals surface area contributed by atoms with Gasteiger partial charge in [0.15, 0.2) is 5.65 Å². The summed E-state index contributed by atoms with van der Waals surface area (Å²) in [5.41, 5.74) is 8.46. The van der Waals surface area contributed by atoms with E-state index in [0.29, 0.717) is 11.5 Å². The lowest BCUT2D eigenvalue weighted by molar-refractivity contribution is 0.784. The van der Waals surface area contributed by atoms with Crippen LogP contribution in [0, 0.1) is 6.92 Å². The molecule has 0 amide bonds. The minimum atomic E-state index is 0.455. The van der Waals surface area contributed by atoms with Crippen LogP contribution in [0.15, 0.2) is 12.3 Å². The molecule has 0 aliphatic heterocycles. The first-order valence-corrected chi connectivity index (χ1v) is 5.62. The number of nitrogens with zero attached hydrogens (tertiary/aromatic N) is 3. The standard InChI is InChI=1S/C11H14N4S/c1-3-10-14-8-4-7(2)5-13-11(8)15(10)6-9(12)16/h4-5H,3,6H2,1-2H3,(H2,12,16). The summed E-state index contributed by atoms with van der Waals surface area (Å²) < 4.78 is 1.98. The molecule has 0 bridgehead atoms. The zero-order chi connectivity index (χ0) is 11.7. The van der Waals surface area contributed by atoms with E-state index in [1.165, 1.54) is 0 Å². The van der Waals surface area contributed by atoms with Gasteiger partial charge < -0.3 is 10.3 Å². The minimum absolute atomic E-state index is 0.455. The van der Waals surface area contributed by atoms with Crippen molar-refractivity contribution in [2.24, 2.45) is 5.73 Å². The van der Waals surface area contributed by atoms with Crippen molar-refractivity contribution >= 4 is 28.4 Å². The third kappa shape index (κ3) is 1.90. The Kier molecular flexibility index (Phi) is 2.87. The summed E-state index contributed by atoms with van der Waals surface area (Å²) in [4.78, 5) is 9.37. The summed E-state index contributed by atoms with van der Waals surface area (Å²) in [5, 5.41) is 0. The van der Waals surface area contributed by atoms with Crippen LogP contribution in [0.1, 0.15) is 18.3 Å². The molecule has 0 aliphatic carbocycles. The number of thiocarbonyl (C=S) groups is 1. The van der Waals surface area contributed by atoms with Gasteiger partial charge in [0, 0.05) is 12.6 Å². The lowest BCUT2D eigenvalue weighted by Gasteiger charge is -2.05. The molecule has 0 unspecified atom stereocenters. The predicted molar refractivity (Wildman–Crippen MR) is 68.4 cm³/mol. The molecule has 2 aromatic heterocycles. The van der Waals surface area contributed by atoms with E-state index in [-0.39, 0.29) is 0 Å². The average Bonchev–Trinajstić information content (AvgIpc) is 2.55. The molecular weight excluding hydrogens is 220 g/mol. The van der Waals surface area contributed by atoms with Gasteiger partial charge in [-0.25, -0.2) is 9.97 Å². The van der Waals surface area contributed by atoms with E-state index in [0.717, 1.165) is 29.0 Å². The molecule has 0 atom stereocenters. The van der Waals surface area contributed by atoms with E-state index >= 15 is 0 Å². The number of fused-ring (bicyclic) bond motifs is 1. The van der Waals surface area contributed by atoms with Gasteiger partial charge in [-0.05, 0) is 18.6 Å². The van der Waals surface area contributed by atoms with E-state index in [2.05, 4.69) is 16.9 Å². The average molecular weight is 234 g/mol. The Labute approximate surface area is 99.5 Å². The molecule has 0 aliphatic rings. The van der Waals surface area contributed by atoms with Crippen molar-refractivity contribution in [3.63, 3.8) is 0 Å². The molecular formula is C11H14N4S. The first-order chi connectivity index (χ1) is 7.61. The van der Waals surface area contributed by atoms with Crippen LogP contribution in [0.5, 0.6) is 0 Å². The van der Waals surface area contributed by atoms with Crippen LogP contribution in [0.2, 0.25) is 0 Å². The van der Waals surface area contributed by atoms with E-state index < -0.39 is 0 Å². The van der Waals surface area contributed by atoms with Gasteiger partial charge in [0.1, 0.15) is 11.3 Å². The third-order valence-electron chi connectivity index (χ3n) is 2.43. The number of hydrogen-bond acceptors (Lipinski definition) is 3. The third-order valence-corrected chi connectivity index (χ3v) is 2.56. The molecule has 0 aromatic carbocycles. The second-order valence-electron chi connectivity index (χ2n) is 3.79. The van der Waals surface area contributed by atoms with Gasteiger partial charge >= 0.3 is 0 Å². The summed E-state index contributed by atoms with van der Waals surface area (Å²) in [6.07, 6.45) is 2.68. The van der Waals surface area contributed by atoms with Gasteiger partial charge in [-0.15, -0.1) is 0 Å². The number of nitrogens with two attached hydrogens (primary N) is 1. The zero-order valence-corrected chi connectivity index (χ0v) is 10.2. The number of pyridine rings is 1. The second-order valence-corrected chi connectivity index (χ2v) is 4.31. The lowest BCUT2D eigenvalue weighted by atomic mass is 10.3. The van der Waals surface area contributed by atoms with Gasteiger partial charge in [0.05, 0.1) is 11.5 Å². The van der Waals surface area contributed by atoms with Crippen LogP contribution >= 0.6 is 12.2 Å². The molecule has 0 saturated carbocycles. The Bertz CT molecular complexity index is 544. The fraction of sp³-hybridized carbons (Fsp3) is 0.364. The number of hydrogen-bond donors (Lipinski definition) is 1. The maximum Gasteiger partial charge on any atom is 0.160 e. The Balaban J connectivity index is 2.63. The fourth-order valence-corrected chi connectivity index (χ4v) is 1.88. The highest BCUT2D eigenvalue weighted by Gasteiger charge is 2.10. The van der Waals surface area contributed by atoms with Crippen molar-refractivity contribution in [3.05, 3.63) is 23.7 Å². The molecule has 2 rings (SSSR count). The van der Waals surface area contributed by atoms with Gasteiger partial charge in [0.25, 0.3) is 0 Å². The van der Waals surface area contributed by atoms with Gasteiger partial charge in [-0.1, -0.05) is 19.1 Å². The van der Waals surface area contributed by atoms with Gasteiger partial charge in [-0.2, -0.15) is 0 Å². The molecule has 84 valence electrons. The molecule has 0 saturated heterocycles. The molecule has 2 aromatic rings. The van der Waals surface area contributed by atoms with E-state index in [4.69, 9.17) is 18.0 Å². The van der Waals surface area contributed by atoms with E-state index in [1.807, 2.05) is 23.8 Å². The van der Waals surface area contributed by atoms with Crippen LogP contribution in [0.3, 0.4) is 0 Å². The Hall–Kier alpha value is -1.49. The summed E-state index contributed by atoms with van der Waals surface area (Å²) in [6, 6.07) is 2.03. The molecule has 0 spiro atoms. The molecule has 0 fully saturated rings. The van der Waals surface area contributed by atoms with Crippen molar-refractivity contribution in [2.75, 3.05) is 0 Å². The van der Waals surface area contributed by atoms with Crippen LogP contribution in [0.4, 0.5) is 0 Å². The van der Waals surface area contributed by atoms with Crippen LogP contribution in [-0.4, -0.2) is 19.5 Å². The Morgan fingerprint density at radius 2 is 2.31 bits per heavy atom. The maximum absolute atomic E-state index is 5.58. The normalized spacial score (nSPS) is 10.9. The van der Waals surface area contributed by atoms with Crippen LogP contribution in [0.25, 0.3) is 11.2 Å². The molecule has 4 nitrogen and oxygen atoms in total. The van der Waals surface area contributed by atoms with Gasteiger partial charge in [-0.3, -0.25) is 0 Å². The highest BCUT2D eigenvalue weighted by Crippen LogP contribution is 2.15.